The van der Waals surface area contributed by atoms with Crippen LogP contribution in [0.4, 0.5) is 4.79 Å². The first-order valence-electron chi connectivity index (χ1n) is 8.67. The lowest BCUT2D eigenvalue weighted by Gasteiger charge is -2.25. The molecular weight excluding hydrogens is 364 g/mol. The van der Waals surface area contributed by atoms with Gasteiger partial charge in [-0.05, 0) is 41.4 Å². The Morgan fingerprint density at radius 3 is 2.63 bits per heavy atom. The first kappa shape index (κ1) is 19.1. The largest absolute Gasteiger partial charge is 0.344 e. The van der Waals surface area contributed by atoms with Gasteiger partial charge in [-0.1, -0.05) is 37.3 Å². The molecule has 1 aliphatic rings. The summed E-state index contributed by atoms with van der Waals surface area (Å²) in [5, 5.41) is 7.52. The molecule has 2 aromatic rings. The van der Waals surface area contributed by atoms with Gasteiger partial charge in [-0.3, -0.25) is 19.9 Å². The first-order chi connectivity index (χ1) is 13.0. The molecule has 3 rings (SSSR count). The third kappa shape index (κ3) is 3.86. The minimum atomic E-state index is -1.16. The van der Waals surface area contributed by atoms with Gasteiger partial charge in [0.25, 0.3) is 11.8 Å². The SMILES string of the molecule is CCC1(c2ccccc2)NC(=O)N(NC(=O)CN(C)Cc2ccsc2)C1=O. The molecule has 1 aromatic heterocycles. The molecule has 1 fully saturated rings. The highest BCUT2D eigenvalue weighted by Gasteiger charge is 2.52. The molecule has 27 heavy (non-hydrogen) atoms. The van der Waals surface area contributed by atoms with Crippen molar-refractivity contribution < 1.29 is 14.4 Å². The van der Waals surface area contributed by atoms with Crippen LogP contribution in [0, 0.1) is 0 Å². The standard InChI is InChI=1S/C19H22N4O3S/c1-3-19(15-7-5-4-6-8-15)17(25)23(18(26)20-19)21-16(24)12-22(2)11-14-9-10-27-13-14/h4-10,13H,3,11-12H2,1-2H3,(H,20,26)(H,21,24). The molecule has 1 aromatic carbocycles. The van der Waals surface area contributed by atoms with Gasteiger partial charge >= 0.3 is 6.03 Å². The summed E-state index contributed by atoms with van der Waals surface area (Å²) in [5.41, 5.74) is 3.09. The lowest BCUT2D eigenvalue weighted by molar-refractivity contribution is -0.139. The molecule has 0 aliphatic carbocycles. The predicted octanol–water partition coefficient (Wildman–Crippen LogP) is 2.07. The molecule has 4 amide bonds. The number of thiophene rings is 1. The fourth-order valence-electron chi connectivity index (χ4n) is 3.19. The van der Waals surface area contributed by atoms with Crippen LogP contribution in [0.25, 0.3) is 0 Å². The normalized spacial score (nSPS) is 19.4. The summed E-state index contributed by atoms with van der Waals surface area (Å²) in [7, 11) is 1.81. The summed E-state index contributed by atoms with van der Waals surface area (Å²) in [5.74, 6) is -0.897. The number of likely N-dealkylation sites (N-methyl/N-ethyl adjacent to an activating group) is 1. The number of rotatable bonds is 7. The number of urea groups is 1. The highest BCUT2D eigenvalue weighted by atomic mass is 32.1. The molecule has 0 spiro atoms. The van der Waals surface area contributed by atoms with E-state index >= 15 is 0 Å². The second-order valence-electron chi connectivity index (χ2n) is 6.53. The van der Waals surface area contributed by atoms with Crippen LogP contribution in [0.15, 0.2) is 47.2 Å². The molecule has 0 saturated carbocycles. The van der Waals surface area contributed by atoms with Crippen molar-refractivity contribution >= 4 is 29.2 Å². The van der Waals surface area contributed by atoms with E-state index in [1.165, 1.54) is 0 Å². The van der Waals surface area contributed by atoms with E-state index in [4.69, 9.17) is 0 Å². The number of hydrogen-bond donors (Lipinski definition) is 2. The Morgan fingerprint density at radius 2 is 2.00 bits per heavy atom. The van der Waals surface area contributed by atoms with Crippen LogP contribution in [0.2, 0.25) is 0 Å². The van der Waals surface area contributed by atoms with Gasteiger partial charge in [0, 0.05) is 6.54 Å². The van der Waals surface area contributed by atoms with Gasteiger partial charge in [0.15, 0.2) is 0 Å². The highest BCUT2D eigenvalue weighted by Crippen LogP contribution is 2.31. The Morgan fingerprint density at radius 1 is 1.26 bits per heavy atom. The lowest BCUT2D eigenvalue weighted by Crippen LogP contribution is -2.50. The van der Waals surface area contributed by atoms with Crippen LogP contribution in [-0.2, 0) is 21.7 Å². The molecule has 0 radical (unpaired) electrons. The zero-order valence-corrected chi connectivity index (χ0v) is 16.1. The Balaban J connectivity index is 1.67. The van der Waals surface area contributed by atoms with Gasteiger partial charge in [-0.2, -0.15) is 16.3 Å². The van der Waals surface area contributed by atoms with Crippen molar-refractivity contribution in [2.75, 3.05) is 13.6 Å². The molecule has 142 valence electrons. The van der Waals surface area contributed by atoms with Crippen LogP contribution in [0.1, 0.15) is 24.5 Å². The summed E-state index contributed by atoms with van der Waals surface area (Å²) in [6, 6.07) is 10.4. The second-order valence-corrected chi connectivity index (χ2v) is 7.31. The maximum absolute atomic E-state index is 13.0. The van der Waals surface area contributed by atoms with E-state index in [-0.39, 0.29) is 6.54 Å². The predicted molar refractivity (Wildman–Crippen MR) is 103 cm³/mol. The molecular formula is C19H22N4O3S. The number of benzene rings is 1. The van der Waals surface area contributed by atoms with Crippen LogP contribution in [0.5, 0.6) is 0 Å². The molecule has 2 N–H and O–H groups in total. The molecule has 2 heterocycles. The van der Waals surface area contributed by atoms with Crippen molar-refractivity contribution in [3.63, 3.8) is 0 Å². The zero-order chi connectivity index (χ0) is 19.4. The molecule has 1 unspecified atom stereocenters. The molecule has 1 atom stereocenters. The molecule has 1 aliphatic heterocycles. The molecule has 7 nitrogen and oxygen atoms in total. The summed E-state index contributed by atoms with van der Waals surface area (Å²) in [4.78, 5) is 39.5. The van der Waals surface area contributed by atoms with Crippen LogP contribution in [0.3, 0.4) is 0 Å². The summed E-state index contributed by atoms with van der Waals surface area (Å²) < 4.78 is 0. The van der Waals surface area contributed by atoms with Crippen LogP contribution < -0.4 is 10.7 Å². The quantitative estimate of drug-likeness (QED) is 0.714. The Labute approximate surface area is 161 Å². The number of carbonyl (C=O) groups excluding carboxylic acids is 3. The number of hydrazine groups is 1. The third-order valence-electron chi connectivity index (χ3n) is 4.57. The average molecular weight is 386 g/mol. The monoisotopic (exact) mass is 386 g/mol. The van der Waals surface area contributed by atoms with E-state index in [0.29, 0.717) is 18.5 Å². The first-order valence-corrected chi connectivity index (χ1v) is 9.62. The maximum atomic E-state index is 13.0. The Kier molecular flexibility index (Phi) is 5.57. The lowest BCUT2D eigenvalue weighted by atomic mass is 9.87. The fourth-order valence-corrected chi connectivity index (χ4v) is 3.85. The number of carbonyl (C=O) groups is 3. The van der Waals surface area contributed by atoms with Gasteiger partial charge in [0.1, 0.15) is 5.54 Å². The van der Waals surface area contributed by atoms with Crippen molar-refractivity contribution in [1.29, 1.82) is 0 Å². The highest BCUT2D eigenvalue weighted by molar-refractivity contribution is 7.07. The third-order valence-corrected chi connectivity index (χ3v) is 5.30. The van der Waals surface area contributed by atoms with E-state index in [0.717, 1.165) is 10.6 Å². The summed E-state index contributed by atoms with van der Waals surface area (Å²) >= 11 is 1.59. The number of nitrogens with one attached hydrogen (secondary N) is 2. The van der Waals surface area contributed by atoms with E-state index in [9.17, 15) is 14.4 Å². The summed E-state index contributed by atoms with van der Waals surface area (Å²) in [6.45, 7) is 2.50. The van der Waals surface area contributed by atoms with Gasteiger partial charge in [0.2, 0.25) is 0 Å². The van der Waals surface area contributed by atoms with Crippen LogP contribution in [-0.4, -0.2) is 41.3 Å². The van der Waals surface area contributed by atoms with Gasteiger partial charge in [-0.15, -0.1) is 0 Å². The minimum absolute atomic E-state index is 0.0668. The van der Waals surface area contributed by atoms with Crippen molar-refractivity contribution in [1.82, 2.24) is 20.7 Å². The van der Waals surface area contributed by atoms with Gasteiger partial charge in [-0.25, -0.2) is 4.79 Å². The van der Waals surface area contributed by atoms with Crippen molar-refractivity contribution in [3.05, 3.63) is 58.3 Å². The number of nitrogens with zero attached hydrogens (tertiary/aromatic N) is 2. The van der Waals surface area contributed by atoms with Crippen molar-refractivity contribution in [3.8, 4) is 0 Å². The van der Waals surface area contributed by atoms with Crippen molar-refractivity contribution in [2.45, 2.75) is 25.4 Å². The number of hydrogen-bond acceptors (Lipinski definition) is 5. The van der Waals surface area contributed by atoms with E-state index in [1.54, 1.807) is 23.5 Å². The number of imide groups is 1. The minimum Gasteiger partial charge on any atom is -0.318 e. The van der Waals surface area contributed by atoms with E-state index in [1.807, 2.05) is 53.9 Å². The van der Waals surface area contributed by atoms with Gasteiger partial charge in [0.05, 0.1) is 6.54 Å². The number of amides is 4. The maximum Gasteiger partial charge on any atom is 0.344 e. The second kappa shape index (κ2) is 7.89. The topological polar surface area (TPSA) is 81.8 Å². The summed E-state index contributed by atoms with van der Waals surface area (Å²) in [6.07, 6.45) is 0.381. The zero-order valence-electron chi connectivity index (χ0n) is 15.3. The Hall–Kier alpha value is -2.71. The van der Waals surface area contributed by atoms with Gasteiger partial charge < -0.3 is 5.32 Å². The van der Waals surface area contributed by atoms with E-state index < -0.39 is 23.4 Å². The Bertz CT molecular complexity index is 825. The van der Waals surface area contributed by atoms with Crippen LogP contribution >= 0.6 is 11.3 Å². The molecule has 8 heteroatoms. The smallest absolute Gasteiger partial charge is 0.318 e. The molecule has 0 bridgehead atoms. The fraction of sp³-hybridized carbons (Fsp3) is 0.316. The molecule has 1 saturated heterocycles. The average Bonchev–Trinajstić information content (AvgIpc) is 3.24. The van der Waals surface area contributed by atoms with E-state index in [2.05, 4.69) is 10.7 Å². The van der Waals surface area contributed by atoms with Crippen molar-refractivity contribution in [2.24, 2.45) is 0 Å².